The van der Waals surface area contributed by atoms with Gasteiger partial charge < -0.3 is 20.1 Å². The number of rotatable bonds is 9. The highest BCUT2D eigenvalue weighted by Gasteiger charge is 2.25. The second-order valence-corrected chi connectivity index (χ2v) is 9.40. The SMILES string of the molecule is CC(C)CN(CCC(=O)OC(C)(C)C)C(=O)N[C@@H](Cc1ccc2ccccc2c1)C(=O)O. The van der Waals surface area contributed by atoms with Crippen molar-refractivity contribution in [1.82, 2.24) is 10.2 Å². The minimum Gasteiger partial charge on any atom is -0.480 e. The number of carbonyl (C=O) groups is 3. The molecular formula is C25H34N2O5. The molecule has 1 atom stereocenters. The highest BCUT2D eigenvalue weighted by Crippen LogP contribution is 2.17. The molecule has 2 aromatic rings. The van der Waals surface area contributed by atoms with Crippen LogP contribution in [0.3, 0.4) is 0 Å². The van der Waals surface area contributed by atoms with Crippen LogP contribution in [0.1, 0.15) is 46.6 Å². The number of urea groups is 1. The molecule has 7 nitrogen and oxygen atoms in total. The number of carboxylic acid groups (broad SMARTS) is 1. The van der Waals surface area contributed by atoms with E-state index < -0.39 is 29.6 Å². The summed E-state index contributed by atoms with van der Waals surface area (Å²) in [4.78, 5) is 38.3. The summed E-state index contributed by atoms with van der Waals surface area (Å²) >= 11 is 0. The Morgan fingerprint density at radius 1 is 1.06 bits per heavy atom. The lowest BCUT2D eigenvalue weighted by Crippen LogP contribution is -2.50. The molecule has 0 aliphatic carbocycles. The molecule has 2 rings (SSSR count). The van der Waals surface area contributed by atoms with Crippen molar-refractivity contribution in [2.24, 2.45) is 5.92 Å². The van der Waals surface area contributed by atoms with Crippen LogP contribution in [0.4, 0.5) is 4.79 Å². The number of nitrogens with one attached hydrogen (secondary N) is 1. The van der Waals surface area contributed by atoms with Crippen LogP contribution in [0, 0.1) is 5.92 Å². The average molecular weight is 443 g/mol. The van der Waals surface area contributed by atoms with Crippen molar-refractivity contribution in [2.45, 2.75) is 59.1 Å². The zero-order valence-corrected chi connectivity index (χ0v) is 19.6. The summed E-state index contributed by atoms with van der Waals surface area (Å²) in [7, 11) is 0. The number of amides is 2. The Morgan fingerprint density at radius 2 is 1.72 bits per heavy atom. The number of hydrogen-bond donors (Lipinski definition) is 2. The number of esters is 1. The van der Waals surface area contributed by atoms with E-state index >= 15 is 0 Å². The maximum absolute atomic E-state index is 12.9. The van der Waals surface area contributed by atoms with Gasteiger partial charge in [0, 0.05) is 19.5 Å². The fourth-order valence-corrected chi connectivity index (χ4v) is 3.38. The third-order valence-corrected chi connectivity index (χ3v) is 4.73. The number of aliphatic carboxylic acids is 1. The van der Waals surface area contributed by atoms with Crippen LogP contribution in [0.25, 0.3) is 10.8 Å². The van der Waals surface area contributed by atoms with Crippen LogP contribution < -0.4 is 5.32 Å². The maximum Gasteiger partial charge on any atom is 0.326 e. The van der Waals surface area contributed by atoms with Crippen molar-refractivity contribution in [1.29, 1.82) is 0 Å². The molecule has 0 aliphatic heterocycles. The Hall–Kier alpha value is -3.09. The highest BCUT2D eigenvalue weighted by molar-refractivity contribution is 5.85. The summed E-state index contributed by atoms with van der Waals surface area (Å²) in [6, 6.07) is 12.0. The molecule has 0 fully saturated rings. The van der Waals surface area contributed by atoms with E-state index in [-0.39, 0.29) is 25.3 Å². The second kappa shape index (κ2) is 11.0. The smallest absolute Gasteiger partial charge is 0.326 e. The monoisotopic (exact) mass is 442 g/mol. The zero-order chi connectivity index (χ0) is 23.9. The number of nitrogens with zero attached hydrogens (tertiary/aromatic N) is 1. The highest BCUT2D eigenvalue weighted by atomic mass is 16.6. The topological polar surface area (TPSA) is 95.9 Å². The Bertz CT molecular complexity index is 949. The van der Waals surface area contributed by atoms with E-state index in [1.54, 1.807) is 20.8 Å². The molecule has 2 N–H and O–H groups in total. The predicted molar refractivity (Wildman–Crippen MR) is 124 cm³/mol. The molecule has 0 radical (unpaired) electrons. The van der Waals surface area contributed by atoms with Crippen molar-refractivity contribution in [3.63, 3.8) is 0 Å². The summed E-state index contributed by atoms with van der Waals surface area (Å²) in [5.74, 6) is -1.35. The van der Waals surface area contributed by atoms with Crippen LogP contribution in [0.2, 0.25) is 0 Å². The first-order valence-corrected chi connectivity index (χ1v) is 10.9. The van der Waals surface area contributed by atoms with E-state index in [1.165, 1.54) is 4.90 Å². The molecule has 0 saturated heterocycles. The minimum absolute atomic E-state index is 0.0415. The lowest BCUT2D eigenvalue weighted by Gasteiger charge is -2.27. The molecule has 0 heterocycles. The van der Waals surface area contributed by atoms with Gasteiger partial charge in [-0.3, -0.25) is 4.79 Å². The Labute approximate surface area is 189 Å². The number of carbonyl (C=O) groups excluding carboxylic acids is 2. The second-order valence-electron chi connectivity index (χ2n) is 9.40. The van der Waals surface area contributed by atoms with Crippen molar-refractivity contribution < 1.29 is 24.2 Å². The lowest BCUT2D eigenvalue weighted by atomic mass is 10.0. The first-order valence-electron chi connectivity index (χ1n) is 10.9. The van der Waals surface area contributed by atoms with Gasteiger partial charge in [0.05, 0.1) is 6.42 Å². The van der Waals surface area contributed by atoms with Crippen molar-refractivity contribution >= 4 is 28.7 Å². The summed E-state index contributed by atoms with van der Waals surface area (Å²) in [6.07, 6.45) is 0.202. The normalized spacial score (nSPS) is 12.4. The van der Waals surface area contributed by atoms with E-state index in [0.717, 1.165) is 16.3 Å². The number of fused-ring (bicyclic) bond motifs is 1. The van der Waals surface area contributed by atoms with Gasteiger partial charge in [0.15, 0.2) is 0 Å². The average Bonchev–Trinajstić information content (AvgIpc) is 2.68. The molecule has 0 saturated carbocycles. The molecule has 0 bridgehead atoms. The van der Waals surface area contributed by atoms with Gasteiger partial charge in [-0.2, -0.15) is 0 Å². The number of benzene rings is 2. The molecule has 32 heavy (non-hydrogen) atoms. The van der Waals surface area contributed by atoms with Crippen LogP contribution in [0.5, 0.6) is 0 Å². The standard InChI is InChI=1S/C25H34N2O5/c1-17(2)16-27(13-12-22(28)32-25(3,4)5)24(31)26-21(23(29)30)15-18-10-11-19-8-6-7-9-20(19)14-18/h6-11,14,17,21H,12-13,15-16H2,1-5H3,(H,26,31)(H,29,30)/t21-/m0/s1. The lowest BCUT2D eigenvalue weighted by molar-refractivity contribution is -0.155. The molecule has 0 aliphatic rings. The van der Waals surface area contributed by atoms with Gasteiger partial charge in [0.1, 0.15) is 11.6 Å². The first kappa shape index (κ1) is 25.2. The maximum atomic E-state index is 12.9. The quantitative estimate of drug-likeness (QED) is 0.567. The van der Waals surface area contributed by atoms with E-state index in [4.69, 9.17) is 4.74 Å². The molecule has 0 aromatic heterocycles. The molecule has 174 valence electrons. The van der Waals surface area contributed by atoms with E-state index in [0.29, 0.717) is 6.54 Å². The van der Waals surface area contributed by atoms with Crippen molar-refractivity contribution in [3.8, 4) is 0 Å². The van der Waals surface area contributed by atoms with Gasteiger partial charge in [-0.15, -0.1) is 0 Å². The summed E-state index contributed by atoms with van der Waals surface area (Å²) in [6.45, 7) is 9.82. The largest absolute Gasteiger partial charge is 0.480 e. The Balaban J connectivity index is 2.07. The van der Waals surface area contributed by atoms with Crippen LogP contribution >= 0.6 is 0 Å². The van der Waals surface area contributed by atoms with Gasteiger partial charge >= 0.3 is 18.0 Å². The predicted octanol–water partition coefficient (Wildman–Crippen LogP) is 4.23. The van der Waals surface area contributed by atoms with Crippen LogP contribution in [-0.4, -0.2) is 52.7 Å². The van der Waals surface area contributed by atoms with Crippen molar-refractivity contribution in [2.75, 3.05) is 13.1 Å². The summed E-state index contributed by atoms with van der Waals surface area (Å²) in [5.41, 5.74) is 0.219. The first-order chi connectivity index (χ1) is 14.9. The van der Waals surface area contributed by atoms with Crippen LogP contribution in [-0.2, 0) is 20.7 Å². The third-order valence-electron chi connectivity index (χ3n) is 4.73. The molecule has 2 aromatic carbocycles. The van der Waals surface area contributed by atoms with Gasteiger partial charge in [-0.25, -0.2) is 9.59 Å². The van der Waals surface area contributed by atoms with Gasteiger partial charge in [-0.05, 0) is 43.0 Å². The fraction of sp³-hybridized carbons (Fsp3) is 0.480. The molecule has 0 spiro atoms. The van der Waals surface area contributed by atoms with E-state index in [9.17, 15) is 19.5 Å². The number of ether oxygens (including phenoxy) is 1. The molecular weight excluding hydrogens is 408 g/mol. The Kier molecular flexibility index (Phi) is 8.63. The molecule has 7 heteroatoms. The van der Waals surface area contributed by atoms with E-state index in [2.05, 4.69) is 5.32 Å². The van der Waals surface area contributed by atoms with Gasteiger partial charge in [-0.1, -0.05) is 56.3 Å². The number of carboxylic acids is 1. The summed E-state index contributed by atoms with van der Waals surface area (Å²) < 4.78 is 5.31. The van der Waals surface area contributed by atoms with Crippen LogP contribution in [0.15, 0.2) is 42.5 Å². The van der Waals surface area contributed by atoms with Crippen molar-refractivity contribution in [3.05, 3.63) is 48.0 Å². The number of hydrogen-bond acceptors (Lipinski definition) is 4. The Morgan fingerprint density at radius 3 is 2.31 bits per heavy atom. The van der Waals surface area contributed by atoms with Gasteiger partial charge in [0.2, 0.25) is 0 Å². The van der Waals surface area contributed by atoms with E-state index in [1.807, 2.05) is 56.3 Å². The third kappa shape index (κ3) is 8.21. The summed E-state index contributed by atoms with van der Waals surface area (Å²) in [5, 5.41) is 14.4. The minimum atomic E-state index is -1.11. The molecule has 2 amide bonds. The fourth-order valence-electron chi connectivity index (χ4n) is 3.38. The van der Waals surface area contributed by atoms with Gasteiger partial charge in [0.25, 0.3) is 0 Å². The zero-order valence-electron chi connectivity index (χ0n) is 19.6. The molecule has 0 unspecified atom stereocenters.